The minimum Gasteiger partial charge on any atom is -0.394 e. The van der Waals surface area contributed by atoms with Crippen molar-refractivity contribution < 1.29 is 27.4 Å². The molecule has 1 aromatic rings. The van der Waals surface area contributed by atoms with Crippen LogP contribution in [-0.2, 0) is 19.6 Å². The van der Waals surface area contributed by atoms with E-state index in [1.54, 1.807) is 0 Å². The van der Waals surface area contributed by atoms with Crippen LogP contribution in [0.4, 0.5) is 4.39 Å². The number of likely N-dealkylation sites (tertiary alicyclic amines) is 1. The number of benzene rings is 1. The van der Waals surface area contributed by atoms with Crippen LogP contribution in [0.2, 0.25) is 0 Å². The second kappa shape index (κ2) is 11.3. The van der Waals surface area contributed by atoms with Crippen LogP contribution in [0.5, 0.6) is 0 Å². The van der Waals surface area contributed by atoms with Crippen molar-refractivity contribution in [2.24, 2.45) is 0 Å². The van der Waals surface area contributed by atoms with Gasteiger partial charge in [-0.2, -0.15) is 0 Å². The molecule has 0 saturated carbocycles. The number of nitrogens with one attached hydrogen (secondary N) is 2. The maximum atomic E-state index is 13.1. The van der Waals surface area contributed by atoms with Crippen molar-refractivity contribution in [1.82, 2.24) is 14.9 Å². The number of amides is 1. The topological polar surface area (TPSA) is 108 Å². The predicted molar refractivity (Wildman–Crippen MR) is 113 cm³/mol. The summed E-state index contributed by atoms with van der Waals surface area (Å²) in [4.78, 5) is 14.5. The first-order valence-corrected chi connectivity index (χ1v) is 12.4. The fourth-order valence-corrected chi connectivity index (χ4v) is 5.41. The Balaban J connectivity index is 1.45. The molecule has 1 aromatic carbocycles. The molecule has 2 saturated heterocycles. The molecule has 2 fully saturated rings. The fraction of sp³-hybridized carbons (Fsp3) is 0.667. The van der Waals surface area contributed by atoms with Gasteiger partial charge in [0.1, 0.15) is 5.82 Å². The summed E-state index contributed by atoms with van der Waals surface area (Å²) < 4.78 is 46.5. The molecule has 0 radical (unpaired) electrons. The molecule has 10 heteroatoms. The van der Waals surface area contributed by atoms with Crippen LogP contribution >= 0.6 is 0 Å². The van der Waals surface area contributed by atoms with E-state index < -0.39 is 28.0 Å². The van der Waals surface area contributed by atoms with Gasteiger partial charge >= 0.3 is 0 Å². The van der Waals surface area contributed by atoms with Crippen LogP contribution in [0.1, 0.15) is 38.5 Å². The second-order valence-electron chi connectivity index (χ2n) is 8.19. The van der Waals surface area contributed by atoms with Gasteiger partial charge < -0.3 is 20.1 Å². The summed E-state index contributed by atoms with van der Waals surface area (Å²) in [7, 11) is -3.87. The molecule has 0 spiro atoms. The lowest BCUT2D eigenvalue weighted by molar-refractivity contribution is -0.130. The number of hydrogen-bond acceptors (Lipinski definition) is 6. The standard InChI is InChI=1S/C21H32FN3O5S/c22-16-4-7-18(8-5-16)31(28,29)24-19-9-6-17(30-20(19)15-26)14-21(27)23-10-13-25-11-2-1-3-12-25/h4-5,7-8,17,19-20,24,26H,1-3,6,9-15H2,(H,23,27)/t17-,19-,20+/m0/s1. The number of hydrogen-bond donors (Lipinski definition) is 3. The van der Waals surface area contributed by atoms with Gasteiger partial charge in [-0.05, 0) is 63.0 Å². The van der Waals surface area contributed by atoms with Gasteiger partial charge in [-0.3, -0.25) is 4.79 Å². The van der Waals surface area contributed by atoms with Crippen molar-refractivity contribution >= 4 is 15.9 Å². The third kappa shape index (κ3) is 7.21. The predicted octanol–water partition coefficient (Wildman–Crippen LogP) is 1.00. The van der Waals surface area contributed by atoms with Gasteiger partial charge in [0, 0.05) is 13.1 Å². The molecule has 8 nitrogen and oxygen atoms in total. The third-order valence-electron chi connectivity index (χ3n) is 5.84. The van der Waals surface area contributed by atoms with Crippen LogP contribution in [-0.4, -0.2) is 75.4 Å². The molecular weight excluding hydrogens is 425 g/mol. The summed E-state index contributed by atoms with van der Waals surface area (Å²) in [6.07, 6.45) is 3.65. The summed E-state index contributed by atoms with van der Waals surface area (Å²) in [5.41, 5.74) is 0. The van der Waals surface area contributed by atoms with Gasteiger partial charge in [0.2, 0.25) is 15.9 Å². The Kier molecular flexibility index (Phi) is 8.79. The second-order valence-corrected chi connectivity index (χ2v) is 9.91. The van der Waals surface area contributed by atoms with Crippen LogP contribution in [0.25, 0.3) is 0 Å². The van der Waals surface area contributed by atoms with Gasteiger partial charge in [-0.25, -0.2) is 17.5 Å². The van der Waals surface area contributed by atoms with Crippen LogP contribution in [0.3, 0.4) is 0 Å². The zero-order valence-electron chi connectivity index (χ0n) is 17.6. The van der Waals surface area contributed by atoms with Gasteiger partial charge in [-0.1, -0.05) is 6.42 Å². The highest BCUT2D eigenvalue weighted by Crippen LogP contribution is 2.23. The zero-order valence-corrected chi connectivity index (χ0v) is 18.4. The smallest absolute Gasteiger partial charge is 0.240 e. The fourth-order valence-electron chi connectivity index (χ4n) is 4.11. The minimum atomic E-state index is -3.87. The highest BCUT2D eigenvalue weighted by atomic mass is 32.2. The number of rotatable bonds is 9. The van der Waals surface area contributed by atoms with E-state index in [9.17, 15) is 22.7 Å². The number of ether oxygens (including phenoxy) is 1. The molecule has 2 heterocycles. The van der Waals surface area contributed by atoms with E-state index in [1.807, 2.05) is 0 Å². The van der Waals surface area contributed by atoms with Crippen molar-refractivity contribution in [3.63, 3.8) is 0 Å². The molecule has 31 heavy (non-hydrogen) atoms. The summed E-state index contributed by atoms with van der Waals surface area (Å²) in [6.45, 7) is 3.21. The SMILES string of the molecule is O=C(C[C@@H]1CC[C@H](NS(=O)(=O)c2ccc(F)cc2)[C@@H](CO)O1)NCCN1CCCCC1. The van der Waals surface area contributed by atoms with Crippen LogP contribution in [0.15, 0.2) is 29.2 Å². The molecule has 0 aromatic heterocycles. The third-order valence-corrected chi connectivity index (χ3v) is 7.34. The molecule has 0 unspecified atom stereocenters. The maximum absolute atomic E-state index is 13.1. The number of aliphatic hydroxyl groups excluding tert-OH is 1. The average molecular weight is 458 g/mol. The van der Waals surface area contributed by atoms with E-state index in [0.717, 1.165) is 31.8 Å². The minimum absolute atomic E-state index is 0.0548. The molecule has 0 aliphatic carbocycles. The first kappa shape index (κ1) is 24.1. The highest BCUT2D eigenvalue weighted by molar-refractivity contribution is 7.89. The van der Waals surface area contributed by atoms with Crippen molar-refractivity contribution in [3.05, 3.63) is 30.1 Å². The lowest BCUT2D eigenvalue weighted by Gasteiger charge is -2.35. The monoisotopic (exact) mass is 457 g/mol. The van der Waals surface area contributed by atoms with Crippen LogP contribution < -0.4 is 10.0 Å². The Morgan fingerprint density at radius 2 is 1.87 bits per heavy atom. The molecule has 2 aliphatic rings. The van der Waals surface area contributed by atoms with Crippen molar-refractivity contribution in [2.75, 3.05) is 32.8 Å². The van der Waals surface area contributed by atoms with Gasteiger partial charge in [0.15, 0.2) is 0 Å². The molecule has 3 atom stereocenters. The lowest BCUT2D eigenvalue weighted by Crippen LogP contribution is -2.51. The number of sulfonamides is 1. The first-order chi connectivity index (χ1) is 14.9. The molecule has 2 aliphatic heterocycles. The van der Waals surface area contributed by atoms with Crippen molar-refractivity contribution in [3.8, 4) is 0 Å². The van der Waals surface area contributed by atoms with Gasteiger partial charge in [-0.15, -0.1) is 0 Å². The lowest BCUT2D eigenvalue weighted by atomic mass is 9.98. The zero-order chi connectivity index (χ0) is 22.3. The van der Waals surface area contributed by atoms with E-state index in [-0.39, 0.29) is 29.9 Å². The largest absolute Gasteiger partial charge is 0.394 e. The van der Waals surface area contributed by atoms with Crippen molar-refractivity contribution in [2.45, 2.75) is 61.7 Å². The number of aliphatic hydroxyl groups is 1. The molecule has 0 bridgehead atoms. The molecule has 1 amide bonds. The maximum Gasteiger partial charge on any atom is 0.240 e. The number of carbonyl (C=O) groups is 1. The average Bonchev–Trinajstić information content (AvgIpc) is 2.75. The van der Waals surface area contributed by atoms with Gasteiger partial charge in [0.25, 0.3) is 0 Å². The number of nitrogens with zero attached hydrogens (tertiary/aromatic N) is 1. The summed E-state index contributed by atoms with van der Waals surface area (Å²) in [5.74, 6) is -0.630. The Labute approximate surface area is 183 Å². The van der Waals surface area contributed by atoms with E-state index >= 15 is 0 Å². The number of carbonyl (C=O) groups excluding carboxylic acids is 1. The Hall–Kier alpha value is -1.59. The quantitative estimate of drug-likeness (QED) is 0.511. The molecule has 3 rings (SSSR count). The first-order valence-electron chi connectivity index (χ1n) is 10.9. The van der Waals surface area contributed by atoms with Crippen molar-refractivity contribution in [1.29, 1.82) is 0 Å². The molecule has 174 valence electrons. The van der Waals surface area contributed by atoms with Gasteiger partial charge in [0.05, 0.1) is 36.2 Å². The van der Waals surface area contributed by atoms with E-state index in [1.165, 1.54) is 31.4 Å². The van der Waals surface area contributed by atoms with E-state index in [4.69, 9.17) is 4.74 Å². The normalized spacial score (nSPS) is 25.3. The highest BCUT2D eigenvalue weighted by Gasteiger charge is 2.34. The van der Waals surface area contributed by atoms with Crippen LogP contribution in [0, 0.1) is 5.82 Å². The Morgan fingerprint density at radius 1 is 1.16 bits per heavy atom. The number of halogens is 1. The summed E-state index contributed by atoms with van der Waals surface area (Å²) in [6, 6.07) is 3.90. The summed E-state index contributed by atoms with van der Waals surface area (Å²) >= 11 is 0. The van der Waals surface area contributed by atoms with E-state index in [2.05, 4.69) is 14.9 Å². The number of piperidine rings is 1. The summed E-state index contributed by atoms with van der Waals surface area (Å²) in [5, 5.41) is 12.6. The molecule has 3 N–H and O–H groups in total. The van der Waals surface area contributed by atoms with E-state index in [0.29, 0.717) is 19.4 Å². The Bertz CT molecular complexity index is 815. The molecular formula is C21H32FN3O5S. The Morgan fingerprint density at radius 3 is 2.55 bits per heavy atom.